The molecule has 0 aliphatic carbocycles. The van der Waals surface area contributed by atoms with Crippen molar-refractivity contribution < 1.29 is 23.6 Å². The fourth-order valence-electron chi connectivity index (χ4n) is 2.18. The topological polar surface area (TPSA) is 91.6 Å². The van der Waals surface area contributed by atoms with Crippen LogP contribution in [0.5, 0.6) is 5.75 Å². The van der Waals surface area contributed by atoms with Crippen LogP contribution < -0.4 is 4.74 Å². The van der Waals surface area contributed by atoms with E-state index >= 15 is 0 Å². The molecule has 1 heterocycles. The van der Waals surface area contributed by atoms with Crippen LogP contribution in [0.1, 0.15) is 21.1 Å². The van der Waals surface area contributed by atoms with Crippen LogP contribution in [-0.4, -0.2) is 15.9 Å². The zero-order valence-corrected chi connectivity index (χ0v) is 14.6. The van der Waals surface area contributed by atoms with Crippen molar-refractivity contribution >= 4 is 23.0 Å². The average Bonchev–Trinajstić information content (AvgIpc) is 3.13. The fraction of sp³-hybridized carbons (Fsp3) is 0.111. The van der Waals surface area contributed by atoms with E-state index in [1.807, 2.05) is 0 Å². The van der Waals surface area contributed by atoms with E-state index in [1.54, 1.807) is 5.38 Å². The Kier molecular flexibility index (Phi) is 5.72. The van der Waals surface area contributed by atoms with Gasteiger partial charge < -0.3 is 9.47 Å². The molecule has 0 fully saturated rings. The summed E-state index contributed by atoms with van der Waals surface area (Å²) in [5.41, 5.74) is 0.0800. The molecule has 0 saturated carbocycles. The van der Waals surface area contributed by atoms with Crippen LogP contribution >= 0.6 is 11.3 Å². The minimum Gasteiger partial charge on any atom is -0.486 e. The third-order valence-electron chi connectivity index (χ3n) is 3.45. The van der Waals surface area contributed by atoms with Gasteiger partial charge in [0, 0.05) is 11.4 Å². The lowest BCUT2D eigenvalue weighted by molar-refractivity contribution is -0.385. The van der Waals surface area contributed by atoms with Crippen molar-refractivity contribution in [2.75, 3.05) is 0 Å². The van der Waals surface area contributed by atoms with E-state index in [0.29, 0.717) is 16.5 Å². The quantitative estimate of drug-likeness (QED) is 0.343. The Hall–Kier alpha value is -3.33. The number of carbonyl (C=O) groups excluding carboxylic acids is 1. The molecule has 2 aromatic carbocycles. The number of nitro benzene ring substituents is 1. The standard InChI is InChI=1S/C18H13FN2O5S/c19-12-5-7-14(8-6-12)25-10-17-20-13(11-27-17)9-26-18(22)15-3-1-2-4-16(15)21(23)24/h1-8,11H,9-10H2. The number of ether oxygens (including phenoxy) is 2. The van der Waals surface area contributed by atoms with Gasteiger partial charge in [-0.3, -0.25) is 10.1 Å². The van der Waals surface area contributed by atoms with Crippen LogP contribution in [-0.2, 0) is 18.0 Å². The molecule has 0 amide bonds. The summed E-state index contributed by atoms with van der Waals surface area (Å²) in [7, 11) is 0. The van der Waals surface area contributed by atoms with Crippen LogP contribution in [0.4, 0.5) is 10.1 Å². The lowest BCUT2D eigenvalue weighted by atomic mass is 10.2. The average molecular weight is 388 g/mol. The van der Waals surface area contributed by atoms with Crippen molar-refractivity contribution in [1.29, 1.82) is 0 Å². The molecule has 138 valence electrons. The predicted octanol–water partition coefficient (Wildman–Crippen LogP) is 4.13. The van der Waals surface area contributed by atoms with Gasteiger partial charge in [-0.05, 0) is 30.3 Å². The van der Waals surface area contributed by atoms with Gasteiger partial charge in [-0.25, -0.2) is 14.2 Å². The molecule has 1 aromatic heterocycles. The van der Waals surface area contributed by atoms with Crippen molar-refractivity contribution in [3.8, 4) is 5.75 Å². The highest BCUT2D eigenvalue weighted by Gasteiger charge is 2.20. The van der Waals surface area contributed by atoms with Crippen molar-refractivity contribution in [2.45, 2.75) is 13.2 Å². The minimum atomic E-state index is -0.792. The van der Waals surface area contributed by atoms with Crippen molar-refractivity contribution in [2.24, 2.45) is 0 Å². The Labute approximate surface area is 157 Å². The summed E-state index contributed by atoms with van der Waals surface area (Å²) in [6.07, 6.45) is 0. The Bertz CT molecular complexity index is 958. The van der Waals surface area contributed by atoms with Gasteiger partial charge in [0.05, 0.1) is 10.6 Å². The number of halogens is 1. The van der Waals surface area contributed by atoms with Gasteiger partial charge in [-0.1, -0.05) is 12.1 Å². The van der Waals surface area contributed by atoms with E-state index in [0.717, 1.165) is 0 Å². The zero-order valence-electron chi connectivity index (χ0n) is 13.8. The summed E-state index contributed by atoms with van der Waals surface area (Å²) < 4.78 is 23.5. The minimum absolute atomic E-state index is 0.113. The van der Waals surface area contributed by atoms with Crippen LogP contribution in [0.2, 0.25) is 0 Å². The highest BCUT2D eigenvalue weighted by molar-refractivity contribution is 7.09. The van der Waals surface area contributed by atoms with Crippen LogP contribution in [0.3, 0.4) is 0 Å². The Morgan fingerprint density at radius 2 is 1.89 bits per heavy atom. The summed E-state index contributed by atoms with van der Waals surface area (Å²) in [6.45, 7) is 0.0757. The highest BCUT2D eigenvalue weighted by Crippen LogP contribution is 2.20. The van der Waals surface area contributed by atoms with E-state index in [-0.39, 0.29) is 30.3 Å². The molecule has 0 unspecified atom stereocenters. The summed E-state index contributed by atoms with van der Waals surface area (Å²) >= 11 is 1.32. The monoisotopic (exact) mass is 388 g/mol. The molecule has 3 aromatic rings. The Morgan fingerprint density at radius 1 is 1.15 bits per heavy atom. The maximum Gasteiger partial charge on any atom is 0.345 e. The number of aromatic nitrogens is 1. The predicted molar refractivity (Wildman–Crippen MR) is 95.1 cm³/mol. The third kappa shape index (κ3) is 4.85. The SMILES string of the molecule is O=C(OCc1csc(COc2ccc(F)cc2)n1)c1ccccc1[N+](=O)[O-]. The second-order valence-electron chi connectivity index (χ2n) is 5.33. The zero-order chi connectivity index (χ0) is 19.2. The Morgan fingerprint density at radius 3 is 2.63 bits per heavy atom. The van der Waals surface area contributed by atoms with Gasteiger partial charge in [0.2, 0.25) is 0 Å². The van der Waals surface area contributed by atoms with Crippen molar-refractivity contribution in [3.63, 3.8) is 0 Å². The number of nitro groups is 1. The first-order valence-electron chi connectivity index (χ1n) is 7.75. The number of hydrogen-bond donors (Lipinski definition) is 0. The summed E-state index contributed by atoms with van der Waals surface area (Å²) in [5.74, 6) is -0.630. The molecule has 0 atom stereocenters. The molecule has 0 bridgehead atoms. The number of rotatable bonds is 7. The molecule has 0 aliphatic heterocycles. The molecule has 7 nitrogen and oxygen atoms in total. The number of hydrogen-bond acceptors (Lipinski definition) is 7. The second-order valence-corrected chi connectivity index (χ2v) is 6.27. The first kappa shape index (κ1) is 18.5. The van der Waals surface area contributed by atoms with Gasteiger partial charge in [-0.2, -0.15) is 0 Å². The summed E-state index contributed by atoms with van der Waals surface area (Å²) in [6, 6.07) is 11.2. The normalized spacial score (nSPS) is 10.4. The summed E-state index contributed by atoms with van der Waals surface area (Å²) in [4.78, 5) is 26.7. The van der Waals surface area contributed by atoms with Gasteiger partial charge in [0.25, 0.3) is 5.69 Å². The van der Waals surface area contributed by atoms with E-state index < -0.39 is 10.9 Å². The molecule has 0 spiro atoms. The van der Waals surface area contributed by atoms with Crippen molar-refractivity contribution in [1.82, 2.24) is 4.98 Å². The number of carbonyl (C=O) groups is 1. The third-order valence-corrected chi connectivity index (χ3v) is 4.32. The first-order chi connectivity index (χ1) is 13.0. The number of thiazole rings is 1. The van der Waals surface area contributed by atoms with Gasteiger partial charge in [-0.15, -0.1) is 11.3 Å². The molecule has 0 N–H and O–H groups in total. The van der Waals surface area contributed by atoms with Crippen molar-refractivity contribution in [3.05, 3.63) is 86.1 Å². The van der Waals surface area contributed by atoms with E-state index in [4.69, 9.17) is 9.47 Å². The molecule has 27 heavy (non-hydrogen) atoms. The Balaban J connectivity index is 1.56. The first-order valence-corrected chi connectivity index (χ1v) is 8.63. The van der Waals surface area contributed by atoms with Crippen LogP contribution in [0, 0.1) is 15.9 Å². The van der Waals surface area contributed by atoms with E-state index in [1.165, 1.54) is 59.9 Å². The largest absolute Gasteiger partial charge is 0.486 e. The van der Waals surface area contributed by atoms with Crippen LogP contribution in [0.25, 0.3) is 0 Å². The lowest BCUT2D eigenvalue weighted by Gasteiger charge is -2.04. The number of esters is 1. The maximum absolute atomic E-state index is 12.9. The maximum atomic E-state index is 12.9. The number of para-hydroxylation sites is 1. The van der Waals surface area contributed by atoms with E-state index in [9.17, 15) is 19.3 Å². The molecular weight excluding hydrogens is 375 g/mol. The molecule has 3 rings (SSSR count). The highest BCUT2D eigenvalue weighted by atomic mass is 32.1. The summed E-state index contributed by atoms with van der Waals surface area (Å²) in [5, 5.41) is 13.3. The van der Waals surface area contributed by atoms with E-state index in [2.05, 4.69) is 4.98 Å². The molecule has 0 saturated heterocycles. The fourth-order valence-corrected chi connectivity index (χ4v) is 2.87. The molecule has 0 aliphatic rings. The van der Waals surface area contributed by atoms with Gasteiger partial charge in [0.1, 0.15) is 35.4 Å². The smallest absolute Gasteiger partial charge is 0.345 e. The second kappa shape index (κ2) is 8.37. The van der Waals surface area contributed by atoms with Crippen LogP contribution in [0.15, 0.2) is 53.9 Å². The molecular formula is C18H13FN2O5S. The molecule has 0 radical (unpaired) electrons. The molecule has 9 heteroatoms. The lowest BCUT2D eigenvalue weighted by Crippen LogP contribution is -2.08. The number of nitrogens with zero attached hydrogens (tertiary/aromatic N) is 2. The number of benzene rings is 2. The van der Waals surface area contributed by atoms with Gasteiger partial charge in [0.15, 0.2) is 0 Å². The van der Waals surface area contributed by atoms with Gasteiger partial charge >= 0.3 is 5.97 Å².